The lowest BCUT2D eigenvalue weighted by atomic mass is 9.44. The Morgan fingerprint density at radius 1 is 0.969 bits per heavy atom. The second-order valence-electron chi connectivity index (χ2n) is 8.82. The molecule has 0 aromatic carbocycles. The second kappa shape index (κ2) is 8.54. The smallest absolute Gasteiger partial charge is 0.428 e. The molecule has 4 bridgehead atoms. The van der Waals surface area contributed by atoms with E-state index in [1.165, 1.54) is 0 Å². The molecule has 4 aliphatic rings. The number of hydrogen-bond acceptors (Lipinski definition) is 11. The Kier molecular flexibility index (Phi) is 6.78. The Bertz CT molecular complexity index is 851. The molecule has 0 spiro atoms. The van der Waals surface area contributed by atoms with Gasteiger partial charge >= 0.3 is 22.4 Å². The highest BCUT2D eigenvalue weighted by atomic mass is 32.2. The van der Waals surface area contributed by atoms with Crippen molar-refractivity contribution in [2.24, 2.45) is 22.7 Å². The highest BCUT2D eigenvalue weighted by molar-refractivity contribution is 7.96. The molecule has 4 rings (SSSR count). The zero-order valence-electron chi connectivity index (χ0n) is 16.2. The van der Waals surface area contributed by atoms with Crippen molar-refractivity contribution in [3.8, 4) is 0 Å². The van der Waals surface area contributed by atoms with Gasteiger partial charge in [-0.15, -0.1) is 0 Å². The number of rotatable bonds is 10. The first-order valence-corrected chi connectivity index (χ1v) is 11.5. The van der Waals surface area contributed by atoms with E-state index in [-0.39, 0.29) is 18.3 Å². The van der Waals surface area contributed by atoms with Gasteiger partial charge in [-0.1, -0.05) is 0 Å². The first-order chi connectivity index (χ1) is 14.6. The molecule has 0 aromatic rings. The van der Waals surface area contributed by atoms with Crippen LogP contribution in [0.1, 0.15) is 38.5 Å². The standard InChI is InChI=1S/C16H20F4O10S2/c17-15(18,31-30-29-23)11(21)27-7-13-2-9-1-10(3-13)5-14(4-9,6-13)8-28-12(22)16(19,20)32(24,25)26/h9-10,23H,1-8H2,(H,24,25,26)/p-2. The summed E-state index contributed by atoms with van der Waals surface area (Å²) in [5.41, 5.74) is -1.61. The lowest BCUT2D eigenvalue weighted by molar-refractivity contribution is -0.777. The lowest BCUT2D eigenvalue weighted by Gasteiger charge is -2.61. The van der Waals surface area contributed by atoms with Gasteiger partial charge in [0.25, 0.3) is 0 Å². The largest absolute Gasteiger partial charge is 0.743 e. The molecule has 2 unspecified atom stereocenters. The number of carbonyl (C=O) groups is 2. The molecule has 4 fully saturated rings. The van der Waals surface area contributed by atoms with Crippen LogP contribution in [0.3, 0.4) is 0 Å². The van der Waals surface area contributed by atoms with Crippen molar-refractivity contribution in [2.45, 2.75) is 49.0 Å². The second-order valence-corrected chi connectivity index (χ2v) is 11.1. The molecule has 0 aromatic heterocycles. The quantitative estimate of drug-likeness (QED) is 0.104. The summed E-state index contributed by atoms with van der Waals surface area (Å²) in [6.07, 6.45) is 2.91. The number of esters is 2. The van der Waals surface area contributed by atoms with Gasteiger partial charge in [0.2, 0.25) is 0 Å². The summed E-state index contributed by atoms with van der Waals surface area (Å²) in [4.78, 5) is 23.2. The Hall–Kier alpha value is -1.20. The Balaban J connectivity index is 1.67. The molecule has 10 nitrogen and oxygen atoms in total. The lowest BCUT2D eigenvalue weighted by Crippen LogP contribution is -2.56. The van der Waals surface area contributed by atoms with Crippen LogP contribution < -0.4 is 5.26 Å². The summed E-state index contributed by atoms with van der Waals surface area (Å²) in [5, 5.41) is 3.02. The van der Waals surface area contributed by atoms with Gasteiger partial charge < -0.3 is 19.3 Å². The molecule has 0 saturated heterocycles. The van der Waals surface area contributed by atoms with E-state index in [0.717, 1.165) is 6.42 Å². The molecular formula is C16H18F4O10S2-2. The van der Waals surface area contributed by atoms with E-state index in [1.807, 2.05) is 0 Å². The highest BCUT2D eigenvalue weighted by Crippen LogP contribution is 2.65. The predicted molar refractivity (Wildman–Crippen MR) is 90.8 cm³/mol. The van der Waals surface area contributed by atoms with E-state index >= 15 is 0 Å². The van der Waals surface area contributed by atoms with E-state index in [4.69, 9.17) is 4.74 Å². The van der Waals surface area contributed by atoms with Crippen molar-refractivity contribution in [3.63, 3.8) is 0 Å². The average Bonchev–Trinajstić information content (AvgIpc) is 2.66. The molecule has 16 heteroatoms. The Morgan fingerprint density at radius 2 is 1.44 bits per heavy atom. The van der Waals surface area contributed by atoms with Gasteiger partial charge in [-0.05, 0) is 50.4 Å². The zero-order chi connectivity index (χ0) is 24.0. The van der Waals surface area contributed by atoms with Gasteiger partial charge in [-0.25, -0.2) is 18.0 Å². The minimum atomic E-state index is -6.26. The summed E-state index contributed by atoms with van der Waals surface area (Å²) < 4.78 is 98.6. The molecular weight excluding hydrogens is 492 g/mol. The Morgan fingerprint density at radius 3 is 1.88 bits per heavy atom. The van der Waals surface area contributed by atoms with Gasteiger partial charge in [0.05, 0.1) is 13.2 Å². The van der Waals surface area contributed by atoms with Crippen molar-refractivity contribution in [3.05, 3.63) is 0 Å². The fraction of sp³-hybridized carbons (Fsp3) is 0.875. The van der Waals surface area contributed by atoms with Gasteiger partial charge in [0, 0.05) is 10.8 Å². The highest BCUT2D eigenvalue weighted by Gasteiger charge is 2.59. The molecule has 0 radical (unpaired) electrons. The maximum Gasteiger partial charge on any atom is 0.428 e. The molecule has 0 N–H and O–H groups in total. The van der Waals surface area contributed by atoms with Crippen LogP contribution in [0, 0.1) is 22.7 Å². The Labute approximate surface area is 183 Å². The minimum absolute atomic E-state index is 0.0319. The van der Waals surface area contributed by atoms with Crippen LogP contribution in [0.5, 0.6) is 0 Å². The van der Waals surface area contributed by atoms with Crippen molar-refractivity contribution in [2.75, 3.05) is 13.2 Å². The summed E-state index contributed by atoms with van der Waals surface area (Å²) in [7, 11) is -6.26. The number of ether oxygens (including phenoxy) is 2. The molecule has 4 aliphatic carbocycles. The number of alkyl halides is 4. The SMILES string of the molecule is O=C(OCC12CC3CC(C1)CC(COC(=O)C(F)(F)S(=O)(=O)[O-])(C3)C2)C(F)(F)SOO[O-]. The van der Waals surface area contributed by atoms with Gasteiger partial charge in [-0.2, -0.15) is 21.9 Å². The third-order valence-electron chi connectivity index (χ3n) is 6.28. The fourth-order valence-corrected chi connectivity index (χ4v) is 6.29. The van der Waals surface area contributed by atoms with E-state index in [1.54, 1.807) is 0 Å². The van der Waals surface area contributed by atoms with E-state index in [0.29, 0.717) is 25.7 Å². The zero-order valence-corrected chi connectivity index (χ0v) is 17.9. The van der Waals surface area contributed by atoms with Crippen LogP contribution >= 0.6 is 12.0 Å². The first kappa shape index (κ1) is 25.4. The fourth-order valence-electron chi connectivity index (χ4n) is 5.79. The molecule has 0 amide bonds. The first-order valence-electron chi connectivity index (χ1n) is 9.34. The monoisotopic (exact) mass is 510 g/mol. The number of hydrogen-bond donors (Lipinski definition) is 0. The van der Waals surface area contributed by atoms with E-state index in [9.17, 15) is 45.4 Å². The summed E-state index contributed by atoms with van der Waals surface area (Å²) in [6, 6.07) is 0. The maximum absolute atomic E-state index is 13.6. The molecule has 0 heterocycles. The van der Waals surface area contributed by atoms with Crippen LogP contribution in [0.2, 0.25) is 0 Å². The van der Waals surface area contributed by atoms with Crippen LogP contribution in [-0.4, -0.2) is 48.6 Å². The summed E-state index contributed by atoms with van der Waals surface area (Å²) in [5.74, 6) is -4.37. The molecule has 4 saturated carbocycles. The van der Waals surface area contributed by atoms with E-state index in [2.05, 4.69) is 14.1 Å². The van der Waals surface area contributed by atoms with E-state index < -0.39 is 68.7 Å². The molecule has 0 aliphatic heterocycles. The maximum atomic E-state index is 13.6. The van der Waals surface area contributed by atoms with Crippen molar-refractivity contribution >= 4 is 34.1 Å². The topological polar surface area (TPSA) is 151 Å². The van der Waals surface area contributed by atoms with Crippen LogP contribution in [-0.2, 0) is 38.6 Å². The predicted octanol–water partition coefficient (Wildman–Crippen LogP) is 1.26. The number of halogens is 4. The average molecular weight is 510 g/mol. The van der Waals surface area contributed by atoms with Crippen molar-refractivity contribution in [1.29, 1.82) is 0 Å². The van der Waals surface area contributed by atoms with Crippen molar-refractivity contribution < 1.29 is 64.2 Å². The molecule has 2 atom stereocenters. The third kappa shape index (κ3) is 4.99. The van der Waals surface area contributed by atoms with Gasteiger partial charge in [0.1, 0.15) is 12.0 Å². The summed E-state index contributed by atoms with van der Waals surface area (Å²) in [6.45, 7) is -1.01. The summed E-state index contributed by atoms with van der Waals surface area (Å²) >= 11 is -0.827. The minimum Gasteiger partial charge on any atom is -0.743 e. The van der Waals surface area contributed by atoms with Crippen LogP contribution in [0.15, 0.2) is 0 Å². The van der Waals surface area contributed by atoms with Gasteiger partial charge in [0.15, 0.2) is 10.1 Å². The van der Waals surface area contributed by atoms with Crippen LogP contribution in [0.25, 0.3) is 0 Å². The molecule has 184 valence electrons. The molecule has 32 heavy (non-hydrogen) atoms. The van der Waals surface area contributed by atoms with Crippen molar-refractivity contribution in [1.82, 2.24) is 0 Å². The normalized spacial score (nSPS) is 32.1. The van der Waals surface area contributed by atoms with Gasteiger partial charge in [-0.3, -0.25) is 5.04 Å². The third-order valence-corrected chi connectivity index (χ3v) is 7.57. The van der Waals surface area contributed by atoms with Crippen LogP contribution in [0.4, 0.5) is 17.6 Å². The number of carbonyl (C=O) groups excluding carboxylic acids is 2.